The predicted octanol–water partition coefficient (Wildman–Crippen LogP) is 1.58. The molecule has 0 N–H and O–H groups in total. The van der Waals surface area contributed by atoms with Gasteiger partial charge in [0.25, 0.3) is 0 Å². The normalized spacial score (nSPS) is 8.75. The van der Waals surface area contributed by atoms with Crippen molar-refractivity contribution in [3.63, 3.8) is 0 Å². The van der Waals surface area contributed by atoms with E-state index in [0.29, 0.717) is 5.75 Å². The third kappa shape index (κ3) is 1.27. The first-order valence-electron chi connectivity index (χ1n) is 3.25. The molecule has 0 radical (unpaired) electrons. The summed E-state index contributed by atoms with van der Waals surface area (Å²) in [7, 11) is 2.92. The van der Waals surface area contributed by atoms with Crippen molar-refractivity contribution < 1.29 is 9.47 Å². The van der Waals surface area contributed by atoms with Crippen LogP contribution in [0.4, 0.5) is 5.69 Å². The summed E-state index contributed by atoms with van der Waals surface area (Å²) in [5, 5.41) is 8.59. The Morgan fingerprint density at radius 3 is 2.67 bits per heavy atom. The second-order valence-electron chi connectivity index (χ2n) is 1.97. The lowest BCUT2D eigenvalue weighted by Gasteiger charge is -1.97. The van der Waals surface area contributed by atoms with Gasteiger partial charge in [0.15, 0.2) is 4.98 Å². The molecule has 12 heavy (non-hydrogen) atoms. The van der Waals surface area contributed by atoms with Crippen molar-refractivity contribution in [1.29, 1.82) is 5.39 Å². The van der Waals surface area contributed by atoms with Crippen LogP contribution in [-0.2, 0) is 0 Å². The van der Waals surface area contributed by atoms with E-state index < -0.39 is 0 Å². The fourth-order valence-electron chi connectivity index (χ4n) is 0.824. The summed E-state index contributed by atoms with van der Waals surface area (Å²) >= 11 is 0. The first kappa shape index (κ1) is 8.27. The monoisotopic (exact) mass is 166 g/mol. The summed E-state index contributed by atoms with van der Waals surface area (Å²) in [6.45, 7) is 0. The van der Waals surface area contributed by atoms with Crippen molar-refractivity contribution in [1.82, 2.24) is 4.98 Å². The molecule has 1 rings (SSSR count). The standard InChI is InChI=1S/C7H8N3O2/c1-11-5-3-4-9-7(12-2)6(5)10-8/h3-4H,1-2H3/q+1. The van der Waals surface area contributed by atoms with E-state index >= 15 is 0 Å². The first-order chi connectivity index (χ1) is 5.83. The Morgan fingerprint density at radius 1 is 1.42 bits per heavy atom. The minimum absolute atomic E-state index is 0.197. The molecule has 1 aromatic heterocycles. The predicted molar refractivity (Wildman–Crippen MR) is 42.1 cm³/mol. The van der Waals surface area contributed by atoms with Gasteiger partial charge in [-0.3, -0.25) is 0 Å². The highest BCUT2D eigenvalue weighted by Gasteiger charge is 2.23. The van der Waals surface area contributed by atoms with Crippen molar-refractivity contribution in [2.75, 3.05) is 14.2 Å². The lowest BCUT2D eigenvalue weighted by Crippen LogP contribution is -1.90. The Bertz CT molecular complexity index is 297. The van der Waals surface area contributed by atoms with Crippen LogP contribution < -0.4 is 9.47 Å². The molecule has 0 aromatic carbocycles. The highest BCUT2D eigenvalue weighted by atomic mass is 16.5. The zero-order chi connectivity index (χ0) is 8.97. The Hall–Kier alpha value is -1.83. The van der Waals surface area contributed by atoms with Gasteiger partial charge in [0.2, 0.25) is 11.1 Å². The van der Waals surface area contributed by atoms with E-state index in [1.165, 1.54) is 20.4 Å². The first-order valence-corrected chi connectivity index (χ1v) is 3.25. The molecule has 0 fully saturated rings. The number of methoxy groups -OCH3 is 2. The molecule has 1 aromatic rings. The number of pyridine rings is 1. The number of ether oxygens (including phenoxy) is 2. The number of hydrogen-bond donors (Lipinski definition) is 0. The summed E-state index contributed by atoms with van der Waals surface area (Å²) in [5.41, 5.74) is 0.197. The van der Waals surface area contributed by atoms with Gasteiger partial charge in [-0.15, -0.1) is 0 Å². The number of aromatic nitrogens is 1. The molecule has 0 aliphatic carbocycles. The topological polar surface area (TPSA) is 59.5 Å². The van der Waals surface area contributed by atoms with Crippen molar-refractivity contribution in [3.8, 4) is 11.6 Å². The summed E-state index contributed by atoms with van der Waals surface area (Å²) in [5.74, 6) is 0.654. The number of diazo groups is 1. The fraction of sp³-hybridized carbons (Fsp3) is 0.286. The molecule has 0 unspecified atom stereocenters. The molecule has 0 saturated carbocycles. The molecule has 5 heteroatoms. The highest BCUT2D eigenvalue weighted by molar-refractivity contribution is 5.63. The van der Waals surface area contributed by atoms with Crippen LogP contribution in [0.2, 0.25) is 0 Å². The van der Waals surface area contributed by atoms with Gasteiger partial charge in [0, 0.05) is 12.3 Å². The van der Waals surface area contributed by atoms with Gasteiger partial charge >= 0.3 is 11.6 Å². The van der Waals surface area contributed by atoms with Crippen molar-refractivity contribution >= 4 is 5.69 Å². The minimum atomic E-state index is 0.197. The van der Waals surface area contributed by atoms with E-state index in [2.05, 4.69) is 9.96 Å². The van der Waals surface area contributed by atoms with Gasteiger partial charge in [-0.2, -0.15) is 0 Å². The van der Waals surface area contributed by atoms with Crippen LogP contribution in [0.3, 0.4) is 0 Å². The van der Waals surface area contributed by atoms with Crippen LogP contribution in [0.25, 0.3) is 4.98 Å². The minimum Gasteiger partial charge on any atom is -0.489 e. The number of nitrogens with zero attached hydrogens (tertiary/aromatic N) is 3. The maximum Gasteiger partial charge on any atom is 0.487 e. The largest absolute Gasteiger partial charge is 0.489 e. The lowest BCUT2D eigenvalue weighted by atomic mass is 10.4. The molecular formula is C7H8N3O2+. The highest BCUT2D eigenvalue weighted by Crippen LogP contribution is 2.34. The van der Waals surface area contributed by atoms with Crippen LogP contribution in [-0.4, -0.2) is 19.2 Å². The molecule has 0 amide bonds. The molecular weight excluding hydrogens is 158 g/mol. The van der Waals surface area contributed by atoms with Crippen molar-refractivity contribution in [3.05, 3.63) is 17.2 Å². The Morgan fingerprint density at radius 2 is 2.17 bits per heavy atom. The van der Waals surface area contributed by atoms with Gasteiger partial charge in [-0.1, -0.05) is 0 Å². The molecule has 0 bridgehead atoms. The van der Waals surface area contributed by atoms with Crippen LogP contribution in [0.1, 0.15) is 0 Å². The van der Waals surface area contributed by atoms with Gasteiger partial charge in [-0.25, -0.2) is 4.98 Å². The molecule has 0 spiro atoms. The molecule has 0 aliphatic rings. The summed E-state index contributed by atoms with van der Waals surface area (Å²) in [6, 6.07) is 1.58. The second kappa shape index (κ2) is 3.53. The van der Waals surface area contributed by atoms with Crippen molar-refractivity contribution in [2.24, 2.45) is 0 Å². The maximum absolute atomic E-state index is 8.59. The zero-order valence-electron chi connectivity index (χ0n) is 6.81. The lowest BCUT2D eigenvalue weighted by molar-refractivity contribution is 0.387. The molecule has 0 atom stereocenters. The van der Waals surface area contributed by atoms with E-state index in [1.807, 2.05) is 0 Å². The van der Waals surface area contributed by atoms with E-state index in [-0.39, 0.29) is 11.6 Å². The molecule has 62 valence electrons. The number of rotatable bonds is 2. The smallest absolute Gasteiger partial charge is 0.487 e. The van der Waals surface area contributed by atoms with Crippen LogP contribution in [0, 0.1) is 5.39 Å². The zero-order valence-corrected chi connectivity index (χ0v) is 6.81. The van der Waals surface area contributed by atoms with E-state index in [1.54, 1.807) is 6.07 Å². The second-order valence-corrected chi connectivity index (χ2v) is 1.97. The maximum atomic E-state index is 8.59. The average Bonchev–Trinajstić information content (AvgIpc) is 2.16. The molecule has 0 aliphatic heterocycles. The third-order valence-electron chi connectivity index (χ3n) is 1.37. The molecule has 5 nitrogen and oxygen atoms in total. The molecule has 1 heterocycles. The average molecular weight is 166 g/mol. The van der Waals surface area contributed by atoms with Gasteiger partial charge in [0.05, 0.1) is 14.2 Å². The quantitative estimate of drug-likeness (QED) is 0.626. The third-order valence-corrected chi connectivity index (χ3v) is 1.37. The van der Waals surface area contributed by atoms with Crippen LogP contribution in [0.15, 0.2) is 12.3 Å². The van der Waals surface area contributed by atoms with E-state index in [4.69, 9.17) is 14.9 Å². The SMILES string of the molecule is COc1ccnc(OC)c1[N+]#N. The van der Waals surface area contributed by atoms with E-state index in [9.17, 15) is 0 Å². The van der Waals surface area contributed by atoms with Gasteiger partial charge < -0.3 is 9.47 Å². The van der Waals surface area contributed by atoms with Crippen LogP contribution in [0.5, 0.6) is 11.6 Å². The summed E-state index contributed by atoms with van der Waals surface area (Å²) in [4.78, 5) is 6.82. The number of hydrogen-bond acceptors (Lipinski definition) is 4. The van der Waals surface area contributed by atoms with Gasteiger partial charge in [0.1, 0.15) is 0 Å². The summed E-state index contributed by atoms with van der Waals surface area (Å²) in [6.07, 6.45) is 1.51. The molecule has 0 saturated heterocycles. The Kier molecular flexibility index (Phi) is 2.43. The summed E-state index contributed by atoms with van der Waals surface area (Å²) < 4.78 is 9.74. The fourth-order valence-corrected chi connectivity index (χ4v) is 0.824. The van der Waals surface area contributed by atoms with Crippen molar-refractivity contribution in [2.45, 2.75) is 0 Å². The Balaban J connectivity index is 3.25. The van der Waals surface area contributed by atoms with Crippen LogP contribution >= 0.6 is 0 Å². The Labute approximate surface area is 69.6 Å². The van der Waals surface area contributed by atoms with Gasteiger partial charge in [-0.05, 0) is 0 Å². The van der Waals surface area contributed by atoms with E-state index in [0.717, 1.165) is 0 Å².